The van der Waals surface area contributed by atoms with E-state index in [1.165, 1.54) is 6.08 Å². The Balaban J connectivity index is 2.47. The number of amides is 1. The van der Waals surface area contributed by atoms with Crippen molar-refractivity contribution in [3.05, 3.63) is 53.0 Å². The first kappa shape index (κ1) is 13.5. The first-order valence-corrected chi connectivity index (χ1v) is 5.94. The predicted octanol–water partition coefficient (Wildman–Crippen LogP) is 0.832. The number of aromatic amines is 1. The summed E-state index contributed by atoms with van der Waals surface area (Å²) in [6.45, 7) is 3.69. The second-order valence-electron chi connectivity index (χ2n) is 4.06. The Morgan fingerprint density at radius 3 is 3.00 bits per heavy atom. The summed E-state index contributed by atoms with van der Waals surface area (Å²) in [5, 5.41) is 11.6. The highest BCUT2D eigenvalue weighted by Gasteiger charge is 2.24. The SMILES string of the molecule is C=CCNC(=O)[C@@H](C#N)c1nc2ccccc2[nH]c1=O. The Bertz CT molecular complexity index is 758. The fraction of sp³-hybridized carbons (Fsp3) is 0.143. The van der Waals surface area contributed by atoms with E-state index in [9.17, 15) is 9.59 Å². The third kappa shape index (κ3) is 2.57. The van der Waals surface area contributed by atoms with Gasteiger partial charge in [0.05, 0.1) is 17.1 Å². The largest absolute Gasteiger partial charge is 0.351 e. The van der Waals surface area contributed by atoms with E-state index in [4.69, 9.17) is 5.26 Å². The summed E-state index contributed by atoms with van der Waals surface area (Å²) in [5.41, 5.74) is 0.445. The molecule has 1 aromatic carbocycles. The molecule has 0 unspecified atom stereocenters. The molecule has 0 aliphatic heterocycles. The molecule has 2 rings (SSSR count). The number of carbonyl (C=O) groups excluding carboxylic acids is 1. The highest BCUT2D eigenvalue weighted by atomic mass is 16.2. The van der Waals surface area contributed by atoms with E-state index in [2.05, 4.69) is 21.9 Å². The van der Waals surface area contributed by atoms with Gasteiger partial charge in [-0.05, 0) is 12.1 Å². The Labute approximate surface area is 114 Å². The lowest BCUT2D eigenvalue weighted by molar-refractivity contribution is -0.121. The number of hydrogen-bond donors (Lipinski definition) is 2. The number of rotatable bonds is 4. The second kappa shape index (κ2) is 5.80. The lowest BCUT2D eigenvalue weighted by Crippen LogP contribution is -2.32. The number of para-hydroxylation sites is 2. The van der Waals surface area contributed by atoms with Crippen molar-refractivity contribution in [3.63, 3.8) is 0 Å². The lowest BCUT2D eigenvalue weighted by Gasteiger charge is -2.08. The summed E-state index contributed by atoms with van der Waals surface area (Å²) in [5.74, 6) is -1.82. The lowest BCUT2D eigenvalue weighted by atomic mass is 10.1. The molecular weight excluding hydrogens is 256 g/mol. The molecule has 0 bridgehead atoms. The zero-order valence-electron chi connectivity index (χ0n) is 10.6. The van der Waals surface area contributed by atoms with Gasteiger partial charge in [-0.15, -0.1) is 6.58 Å². The molecule has 0 saturated heterocycles. The maximum absolute atomic E-state index is 11.9. The maximum Gasteiger partial charge on any atom is 0.272 e. The van der Waals surface area contributed by atoms with Crippen LogP contribution in [0, 0.1) is 11.3 Å². The molecule has 0 radical (unpaired) electrons. The molecule has 1 atom stereocenters. The van der Waals surface area contributed by atoms with Crippen LogP contribution in [-0.2, 0) is 4.79 Å². The van der Waals surface area contributed by atoms with Gasteiger partial charge in [0.15, 0.2) is 5.92 Å². The van der Waals surface area contributed by atoms with Crippen molar-refractivity contribution in [2.24, 2.45) is 0 Å². The van der Waals surface area contributed by atoms with Crippen LogP contribution in [0.2, 0.25) is 0 Å². The molecule has 1 amide bonds. The van der Waals surface area contributed by atoms with Crippen LogP contribution in [0.4, 0.5) is 0 Å². The van der Waals surface area contributed by atoms with Crippen molar-refractivity contribution in [1.82, 2.24) is 15.3 Å². The second-order valence-corrected chi connectivity index (χ2v) is 4.06. The third-order valence-electron chi connectivity index (χ3n) is 2.71. The van der Waals surface area contributed by atoms with E-state index in [1.54, 1.807) is 30.3 Å². The molecule has 0 spiro atoms. The number of nitrogens with one attached hydrogen (secondary N) is 2. The molecule has 1 heterocycles. The Morgan fingerprint density at radius 1 is 1.55 bits per heavy atom. The van der Waals surface area contributed by atoms with Gasteiger partial charge >= 0.3 is 0 Å². The molecule has 100 valence electrons. The summed E-state index contributed by atoms with van der Waals surface area (Å²) in [6.07, 6.45) is 1.49. The third-order valence-corrected chi connectivity index (χ3v) is 2.71. The fourth-order valence-corrected chi connectivity index (χ4v) is 1.76. The van der Waals surface area contributed by atoms with Crippen molar-refractivity contribution in [3.8, 4) is 6.07 Å². The summed E-state index contributed by atoms with van der Waals surface area (Å²) in [4.78, 5) is 30.5. The number of aromatic nitrogens is 2. The summed E-state index contributed by atoms with van der Waals surface area (Å²) < 4.78 is 0. The first-order valence-electron chi connectivity index (χ1n) is 5.94. The molecule has 0 fully saturated rings. The topological polar surface area (TPSA) is 98.6 Å². The Hall–Kier alpha value is -2.94. The van der Waals surface area contributed by atoms with Gasteiger partial charge in [-0.25, -0.2) is 4.98 Å². The Morgan fingerprint density at radius 2 is 2.30 bits per heavy atom. The van der Waals surface area contributed by atoms with Crippen LogP contribution >= 0.6 is 0 Å². The predicted molar refractivity (Wildman–Crippen MR) is 73.9 cm³/mol. The molecule has 6 heteroatoms. The van der Waals surface area contributed by atoms with Gasteiger partial charge in [-0.1, -0.05) is 18.2 Å². The van der Waals surface area contributed by atoms with Crippen LogP contribution in [0.15, 0.2) is 41.7 Å². The van der Waals surface area contributed by atoms with Gasteiger partial charge in [0, 0.05) is 6.54 Å². The molecule has 20 heavy (non-hydrogen) atoms. The van der Waals surface area contributed by atoms with E-state index >= 15 is 0 Å². The average Bonchev–Trinajstić information content (AvgIpc) is 2.46. The highest BCUT2D eigenvalue weighted by Crippen LogP contribution is 2.12. The van der Waals surface area contributed by atoms with Crippen LogP contribution in [-0.4, -0.2) is 22.4 Å². The van der Waals surface area contributed by atoms with E-state index in [1.807, 2.05) is 0 Å². The van der Waals surface area contributed by atoms with Crippen molar-refractivity contribution < 1.29 is 4.79 Å². The van der Waals surface area contributed by atoms with Crippen molar-refractivity contribution >= 4 is 16.9 Å². The van der Waals surface area contributed by atoms with Gasteiger partial charge in [0.1, 0.15) is 5.69 Å². The smallest absolute Gasteiger partial charge is 0.272 e. The van der Waals surface area contributed by atoms with E-state index in [0.29, 0.717) is 11.0 Å². The zero-order valence-corrected chi connectivity index (χ0v) is 10.6. The van der Waals surface area contributed by atoms with E-state index in [-0.39, 0.29) is 12.2 Å². The average molecular weight is 268 g/mol. The molecule has 1 aromatic heterocycles. The number of hydrogen-bond acceptors (Lipinski definition) is 4. The van der Waals surface area contributed by atoms with Gasteiger partial charge in [-0.3, -0.25) is 9.59 Å². The molecular formula is C14H12N4O2. The van der Waals surface area contributed by atoms with Gasteiger partial charge in [-0.2, -0.15) is 5.26 Å². The zero-order chi connectivity index (χ0) is 14.5. The van der Waals surface area contributed by atoms with Gasteiger partial charge in [0.2, 0.25) is 5.91 Å². The van der Waals surface area contributed by atoms with E-state index < -0.39 is 17.4 Å². The minimum Gasteiger partial charge on any atom is -0.351 e. The Kier molecular flexibility index (Phi) is 3.91. The summed E-state index contributed by atoms with van der Waals surface area (Å²) in [7, 11) is 0. The van der Waals surface area contributed by atoms with Crippen molar-refractivity contribution in [1.29, 1.82) is 5.26 Å². The highest BCUT2D eigenvalue weighted by molar-refractivity contribution is 5.86. The minimum atomic E-state index is -1.25. The molecule has 6 nitrogen and oxygen atoms in total. The number of benzene rings is 1. The monoisotopic (exact) mass is 268 g/mol. The quantitative estimate of drug-likeness (QED) is 0.802. The maximum atomic E-state index is 11.9. The van der Waals surface area contributed by atoms with Crippen LogP contribution in [0.25, 0.3) is 11.0 Å². The van der Waals surface area contributed by atoms with Crippen LogP contribution in [0.1, 0.15) is 11.6 Å². The fourth-order valence-electron chi connectivity index (χ4n) is 1.76. The summed E-state index contributed by atoms with van der Waals surface area (Å²) in [6, 6.07) is 8.73. The molecule has 0 aliphatic rings. The first-order chi connectivity index (χ1) is 9.67. The standard InChI is InChI=1S/C14H12N4O2/c1-2-7-16-13(19)9(8-15)12-14(20)18-11-6-4-3-5-10(11)17-12/h2-6,9H,1,7H2,(H,16,19)(H,18,20)/t9-/m0/s1. The molecule has 0 aliphatic carbocycles. The summed E-state index contributed by atoms with van der Waals surface area (Å²) >= 11 is 0. The minimum absolute atomic E-state index is 0.104. The van der Waals surface area contributed by atoms with Crippen LogP contribution in [0.5, 0.6) is 0 Å². The molecule has 0 saturated carbocycles. The molecule has 2 N–H and O–H groups in total. The number of nitrogens with zero attached hydrogens (tertiary/aromatic N) is 2. The molecule has 2 aromatic rings. The normalized spacial score (nSPS) is 11.6. The van der Waals surface area contributed by atoms with Crippen LogP contribution in [0.3, 0.4) is 0 Å². The van der Waals surface area contributed by atoms with Crippen molar-refractivity contribution in [2.75, 3.05) is 6.54 Å². The number of nitriles is 1. The van der Waals surface area contributed by atoms with Gasteiger partial charge < -0.3 is 10.3 Å². The van der Waals surface area contributed by atoms with E-state index in [0.717, 1.165) is 0 Å². The van der Waals surface area contributed by atoms with Crippen LogP contribution < -0.4 is 10.9 Å². The number of H-pyrrole nitrogens is 1. The van der Waals surface area contributed by atoms with Crippen molar-refractivity contribution in [2.45, 2.75) is 5.92 Å². The van der Waals surface area contributed by atoms with Gasteiger partial charge in [0.25, 0.3) is 5.56 Å². The number of carbonyl (C=O) groups is 1. The number of fused-ring (bicyclic) bond motifs is 1.